The normalized spacial score (nSPS) is 13.7. The molecule has 11 heteroatoms. The molecule has 36 heavy (non-hydrogen) atoms. The molecule has 0 radical (unpaired) electrons. The van der Waals surface area contributed by atoms with Crippen molar-refractivity contribution in [1.82, 2.24) is 4.90 Å². The maximum atomic E-state index is 13.5. The van der Waals surface area contributed by atoms with Crippen molar-refractivity contribution in [3.8, 4) is 0 Å². The maximum Gasteiger partial charge on any atom is 0.341 e. The van der Waals surface area contributed by atoms with Crippen molar-refractivity contribution >= 4 is 43.9 Å². The lowest BCUT2D eigenvalue weighted by Crippen LogP contribution is -2.38. The molecule has 0 saturated heterocycles. The number of nitrogens with one attached hydrogen (secondary N) is 1. The number of methoxy groups -OCH3 is 1. The molecule has 0 spiro atoms. The third kappa shape index (κ3) is 5.28. The fourth-order valence-electron chi connectivity index (χ4n) is 3.99. The highest BCUT2D eigenvalue weighted by Gasteiger charge is 2.31. The number of likely N-dealkylation sites (N-methyl/N-ethyl adjacent to an activating group) is 1. The Balaban J connectivity index is 1.67. The van der Waals surface area contributed by atoms with Crippen LogP contribution >= 0.6 is 11.3 Å². The van der Waals surface area contributed by atoms with Gasteiger partial charge >= 0.3 is 5.97 Å². The number of benzene rings is 2. The number of halogens is 1. The van der Waals surface area contributed by atoms with E-state index >= 15 is 0 Å². The molecule has 1 amide bonds. The van der Waals surface area contributed by atoms with E-state index in [0.717, 1.165) is 51.1 Å². The molecule has 0 fully saturated rings. The summed E-state index contributed by atoms with van der Waals surface area (Å²) in [6, 6.07) is 11.1. The van der Waals surface area contributed by atoms with E-state index in [9.17, 15) is 22.4 Å². The number of hydrogen-bond donors (Lipinski definition) is 1. The Kier molecular flexibility index (Phi) is 7.43. The van der Waals surface area contributed by atoms with Crippen LogP contribution in [-0.4, -0.2) is 52.4 Å². The fraction of sp³-hybridized carbons (Fsp3) is 0.280. The van der Waals surface area contributed by atoms with Gasteiger partial charge in [0.15, 0.2) is 0 Å². The summed E-state index contributed by atoms with van der Waals surface area (Å²) in [5.74, 6) is -1.75. The van der Waals surface area contributed by atoms with Gasteiger partial charge in [-0.15, -0.1) is 11.3 Å². The maximum absolute atomic E-state index is 13.5. The number of hydrogen-bond acceptors (Lipinski definition) is 7. The summed E-state index contributed by atoms with van der Waals surface area (Å²) in [4.78, 5) is 28.7. The predicted octanol–water partition coefficient (Wildman–Crippen LogP) is 3.80. The Morgan fingerprint density at radius 2 is 1.81 bits per heavy atom. The van der Waals surface area contributed by atoms with Crippen molar-refractivity contribution in [3.63, 3.8) is 0 Å². The van der Waals surface area contributed by atoms with Crippen LogP contribution in [0.25, 0.3) is 0 Å². The van der Waals surface area contributed by atoms with Crippen molar-refractivity contribution in [2.45, 2.75) is 24.8 Å². The molecule has 4 rings (SSSR count). The highest BCUT2D eigenvalue weighted by Crippen LogP contribution is 2.37. The number of aryl methyl sites for hydroxylation is 1. The minimum absolute atomic E-state index is 0.151. The number of fused-ring (bicyclic) bond motifs is 1. The topological polar surface area (TPSA) is 96.0 Å². The minimum Gasteiger partial charge on any atom is -0.465 e. The molecule has 1 aliphatic heterocycles. The highest BCUT2D eigenvalue weighted by atomic mass is 32.2. The third-order valence-electron chi connectivity index (χ3n) is 5.90. The van der Waals surface area contributed by atoms with E-state index < -0.39 is 34.3 Å². The summed E-state index contributed by atoms with van der Waals surface area (Å²) in [5, 5.41) is 3.07. The van der Waals surface area contributed by atoms with E-state index in [1.807, 2.05) is 14.0 Å². The van der Waals surface area contributed by atoms with Crippen LogP contribution in [0.15, 0.2) is 53.4 Å². The molecule has 0 atom stereocenters. The van der Waals surface area contributed by atoms with E-state index in [2.05, 4.69) is 10.2 Å². The van der Waals surface area contributed by atoms with Gasteiger partial charge in [0.25, 0.3) is 10.0 Å². The second-order valence-corrected chi connectivity index (χ2v) is 11.5. The highest BCUT2D eigenvalue weighted by molar-refractivity contribution is 7.92. The molecule has 3 aromatic rings. The van der Waals surface area contributed by atoms with Gasteiger partial charge in [0, 0.05) is 18.0 Å². The van der Waals surface area contributed by atoms with Gasteiger partial charge in [-0.1, -0.05) is 17.7 Å². The first kappa shape index (κ1) is 25.8. The Morgan fingerprint density at radius 1 is 1.14 bits per heavy atom. The largest absolute Gasteiger partial charge is 0.465 e. The van der Waals surface area contributed by atoms with Crippen LogP contribution in [-0.2, 0) is 32.5 Å². The molecule has 1 aliphatic rings. The van der Waals surface area contributed by atoms with Gasteiger partial charge in [0.05, 0.1) is 23.3 Å². The van der Waals surface area contributed by atoms with Crippen LogP contribution in [0.4, 0.5) is 15.1 Å². The van der Waals surface area contributed by atoms with Gasteiger partial charge < -0.3 is 15.0 Å². The van der Waals surface area contributed by atoms with Crippen LogP contribution in [0.2, 0.25) is 0 Å². The molecule has 1 aromatic heterocycles. The lowest BCUT2D eigenvalue weighted by atomic mass is 10.0. The molecule has 2 aromatic carbocycles. The molecule has 2 heterocycles. The third-order valence-corrected chi connectivity index (χ3v) is 8.82. The number of nitrogens with zero attached hydrogens (tertiary/aromatic N) is 2. The van der Waals surface area contributed by atoms with E-state index in [1.165, 1.54) is 18.4 Å². The quantitative estimate of drug-likeness (QED) is 0.466. The van der Waals surface area contributed by atoms with Gasteiger partial charge in [-0.25, -0.2) is 17.6 Å². The Bertz CT molecular complexity index is 1390. The van der Waals surface area contributed by atoms with Gasteiger partial charge in [-0.3, -0.25) is 9.10 Å². The molecule has 190 valence electrons. The first-order valence-electron chi connectivity index (χ1n) is 11.2. The Hall–Kier alpha value is -3.28. The lowest BCUT2D eigenvalue weighted by molar-refractivity contribution is -0.114. The van der Waals surface area contributed by atoms with Gasteiger partial charge in [-0.2, -0.15) is 0 Å². The zero-order valence-corrected chi connectivity index (χ0v) is 21.7. The first-order valence-corrected chi connectivity index (χ1v) is 13.4. The zero-order chi connectivity index (χ0) is 26.0. The first-order chi connectivity index (χ1) is 17.1. The minimum atomic E-state index is -4.20. The summed E-state index contributed by atoms with van der Waals surface area (Å²) in [7, 11) is -0.951. The van der Waals surface area contributed by atoms with Crippen molar-refractivity contribution in [2.24, 2.45) is 0 Å². The van der Waals surface area contributed by atoms with E-state index in [1.54, 1.807) is 24.3 Å². The smallest absolute Gasteiger partial charge is 0.341 e. The van der Waals surface area contributed by atoms with Crippen LogP contribution in [0.5, 0.6) is 0 Å². The van der Waals surface area contributed by atoms with E-state index in [0.29, 0.717) is 23.5 Å². The van der Waals surface area contributed by atoms with E-state index in [4.69, 9.17) is 4.74 Å². The average molecular weight is 532 g/mol. The van der Waals surface area contributed by atoms with Gasteiger partial charge in [0.1, 0.15) is 17.4 Å². The van der Waals surface area contributed by atoms with Crippen LogP contribution in [0.3, 0.4) is 0 Å². The number of ether oxygens (including phenoxy) is 1. The summed E-state index contributed by atoms with van der Waals surface area (Å²) in [6.07, 6.45) is 0.636. The summed E-state index contributed by atoms with van der Waals surface area (Å²) in [5.41, 5.74) is 2.34. The number of thiophene rings is 1. The second-order valence-electron chi connectivity index (χ2n) is 8.54. The zero-order valence-electron chi connectivity index (χ0n) is 20.1. The number of anilines is 2. The molecule has 0 saturated carbocycles. The SMILES string of the molecule is COC(=O)c1c(NC(=O)CN(c2ccc(C)cc2)S(=O)(=O)c2ccc(F)cc2)sc2c1CCN(C)C2. The number of carbonyl (C=O) groups excluding carboxylic acids is 2. The fourth-order valence-corrected chi connectivity index (χ4v) is 6.75. The standard InChI is InChI=1S/C25H26FN3O5S2/c1-16-4-8-18(9-5-16)29(36(32,33)19-10-6-17(26)7-11-19)15-22(30)27-24-23(25(31)34-3)20-12-13-28(2)14-21(20)35-24/h4-11H,12-15H2,1-3H3,(H,27,30). The van der Waals surface area contributed by atoms with Crippen LogP contribution in [0.1, 0.15) is 26.4 Å². The molecule has 0 unspecified atom stereocenters. The number of rotatable bonds is 7. The Labute approximate surface area is 213 Å². The van der Waals surface area contributed by atoms with Crippen molar-refractivity contribution in [1.29, 1.82) is 0 Å². The van der Waals surface area contributed by atoms with E-state index in [-0.39, 0.29) is 10.6 Å². The van der Waals surface area contributed by atoms with Crippen LogP contribution in [0, 0.1) is 12.7 Å². The number of sulfonamides is 1. The van der Waals surface area contributed by atoms with Gasteiger partial charge in [-0.05, 0) is 62.4 Å². The molecule has 1 N–H and O–H groups in total. The predicted molar refractivity (Wildman–Crippen MR) is 136 cm³/mol. The number of esters is 1. The Morgan fingerprint density at radius 3 is 2.44 bits per heavy atom. The van der Waals surface area contributed by atoms with Crippen molar-refractivity contribution < 1.29 is 27.1 Å². The number of carbonyl (C=O) groups is 2. The second kappa shape index (κ2) is 10.4. The summed E-state index contributed by atoms with van der Waals surface area (Å²) in [6.45, 7) is 2.71. The van der Waals surface area contributed by atoms with Crippen LogP contribution < -0.4 is 9.62 Å². The summed E-state index contributed by atoms with van der Waals surface area (Å²) >= 11 is 1.28. The van der Waals surface area contributed by atoms with Crippen molar-refractivity contribution in [2.75, 3.05) is 36.9 Å². The average Bonchev–Trinajstić information content (AvgIpc) is 3.19. The number of amides is 1. The summed E-state index contributed by atoms with van der Waals surface area (Å²) < 4.78 is 46.3. The lowest BCUT2D eigenvalue weighted by Gasteiger charge is -2.24. The molecular formula is C25H26FN3O5S2. The molecule has 8 nitrogen and oxygen atoms in total. The monoisotopic (exact) mass is 531 g/mol. The molecule has 0 aliphatic carbocycles. The molecule has 0 bridgehead atoms. The molecular weight excluding hydrogens is 505 g/mol. The van der Waals surface area contributed by atoms with Crippen molar-refractivity contribution in [3.05, 3.63) is 75.9 Å². The van der Waals surface area contributed by atoms with Gasteiger partial charge in [0.2, 0.25) is 5.91 Å².